The van der Waals surface area contributed by atoms with Crippen LogP contribution in [0.25, 0.3) is 11.0 Å². The first kappa shape index (κ1) is 18.3. The van der Waals surface area contributed by atoms with Crippen LogP contribution in [0.15, 0.2) is 46.6 Å². The Hall–Kier alpha value is -2.47. The summed E-state index contributed by atoms with van der Waals surface area (Å²) in [7, 11) is 0. The van der Waals surface area contributed by atoms with Crippen LogP contribution in [-0.4, -0.2) is 15.5 Å². The molecule has 0 unspecified atom stereocenters. The van der Waals surface area contributed by atoms with Crippen molar-refractivity contribution in [1.82, 2.24) is 14.9 Å². The quantitative estimate of drug-likeness (QED) is 0.689. The van der Waals surface area contributed by atoms with Crippen molar-refractivity contribution in [1.29, 1.82) is 0 Å². The first-order valence-electron chi connectivity index (χ1n) is 8.89. The second-order valence-electron chi connectivity index (χ2n) is 6.32. The molecule has 3 rings (SSSR count). The number of amides is 1. The van der Waals surface area contributed by atoms with Crippen LogP contribution in [0.1, 0.15) is 42.8 Å². The second kappa shape index (κ2) is 8.27. The largest absolute Gasteiger partial charge is 0.348 e. The lowest BCUT2D eigenvalue weighted by Gasteiger charge is -2.17. The fourth-order valence-corrected chi connectivity index (χ4v) is 3.90. The number of hydrogen-bond donors (Lipinski definition) is 1. The molecule has 6 heteroatoms. The van der Waals surface area contributed by atoms with Crippen molar-refractivity contribution >= 4 is 28.3 Å². The minimum atomic E-state index is -0.139. The summed E-state index contributed by atoms with van der Waals surface area (Å²) < 4.78 is 1.65. The Morgan fingerprint density at radius 1 is 1.27 bits per heavy atom. The smallest absolute Gasteiger partial charge is 0.272 e. The number of nitrogens with one attached hydrogen (secondary N) is 1. The van der Waals surface area contributed by atoms with Crippen LogP contribution >= 0.6 is 11.3 Å². The Kier molecular flexibility index (Phi) is 5.83. The molecule has 1 N–H and O–H groups in total. The summed E-state index contributed by atoms with van der Waals surface area (Å²) in [5, 5.41) is 5.14. The maximum absolute atomic E-state index is 12.5. The Balaban J connectivity index is 1.74. The van der Waals surface area contributed by atoms with Crippen LogP contribution in [0.3, 0.4) is 0 Å². The normalized spacial score (nSPS) is 12.2. The van der Waals surface area contributed by atoms with Gasteiger partial charge in [-0.3, -0.25) is 9.59 Å². The van der Waals surface area contributed by atoms with E-state index in [1.807, 2.05) is 35.7 Å². The van der Waals surface area contributed by atoms with E-state index in [2.05, 4.69) is 23.3 Å². The average Bonchev–Trinajstić information content (AvgIpc) is 3.16. The molecule has 0 bridgehead atoms. The van der Waals surface area contributed by atoms with Gasteiger partial charge in [0.25, 0.3) is 5.56 Å². The fraction of sp³-hybridized carbons (Fsp3) is 0.350. The molecule has 26 heavy (non-hydrogen) atoms. The van der Waals surface area contributed by atoms with Crippen molar-refractivity contribution < 1.29 is 4.79 Å². The number of hydrogen-bond acceptors (Lipinski definition) is 4. The van der Waals surface area contributed by atoms with Gasteiger partial charge in [-0.25, -0.2) is 4.98 Å². The summed E-state index contributed by atoms with van der Waals surface area (Å²) in [5.74, 6) is -0.0395. The number of nitrogens with zero attached hydrogens (tertiary/aromatic N) is 2. The van der Waals surface area contributed by atoms with Crippen LogP contribution in [0.4, 0.5) is 0 Å². The van der Waals surface area contributed by atoms with Crippen LogP contribution in [0, 0.1) is 6.92 Å². The highest BCUT2D eigenvalue weighted by Gasteiger charge is 2.15. The van der Waals surface area contributed by atoms with Crippen LogP contribution in [0.2, 0.25) is 0 Å². The minimum Gasteiger partial charge on any atom is -0.348 e. The lowest BCUT2D eigenvalue weighted by Crippen LogP contribution is -2.31. The van der Waals surface area contributed by atoms with Crippen molar-refractivity contribution in [2.24, 2.45) is 0 Å². The van der Waals surface area contributed by atoms with Gasteiger partial charge in [0, 0.05) is 17.8 Å². The molecule has 0 aliphatic heterocycles. The molecule has 0 aliphatic rings. The van der Waals surface area contributed by atoms with Gasteiger partial charge in [-0.1, -0.05) is 31.5 Å². The number of aryl methyl sites for hydroxylation is 2. The number of fused-ring (bicyclic) bond motifs is 1. The van der Waals surface area contributed by atoms with E-state index in [1.165, 1.54) is 4.88 Å². The highest BCUT2D eigenvalue weighted by molar-refractivity contribution is 7.10. The molecule has 1 amide bonds. The van der Waals surface area contributed by atoms with Gasteiger partial charge in [0.15, 0.2) is 0 Å². The molecule has 5 nitrogen and oxygen atoms in total. The van der Waals surface area contributed by atoms with Gasteiger partial charge < -0.3 is 9.88 Å². The highest BCUT2D eigenvalue weighted by atomic mass is 32.1. The van der Waals surface area contributed by atoms with Crippen LogP contribution in [-0.2, 0) is 11.3 Å². The Labute approximate surface area is 156 Å². The van der Waals surface area contributed by atoms with Crippen molar-refractivity contribution in [3.63, 3.8) is 0 Å². The Morgan fingerprint density at radius 2 is 2.08 bits per heavy atom. The summed E-state index contributed by atoms with van der Waals surface area (Å²) in [4.78, 5) is 30.5. The average molecular weight is 369 g/mol. The number of aromatic nitrogens is 2. The van der Waals surface area contributed by atoms with Crippen LogP contribution < -0.4 is 10.9 Å². The molecule has 0 spiro atoms. The molecular formula is C20H23N3O2S. The molecule has 0 aliphatic carbocycles. The molecule has 0 saturated heterocycles. The van der Waals surface area contributed by atoms with E-state index in [-0.39, 0.29) is 23.9 Å². The van der Waals surface area contributed by atoms with Gasteiger partial charge in [-0.05, 0) is 36.9 Å². The summed E-state index contributed by atoms with van der Waals surface area (Å²) in [5.41, 5.74) is 1.85. The number of para-hydroxylation sites is 2. The monoisotopic (exact) mass is 369 g/mol. The molecule has 1 atom stereocenters. The van der Waals surface area contributed by atoms with Crippen molar-refractivity contribution in [2.45, 2.75) is 45.7 Å². The van der Waals surface area contributed by atoms with E-state index in [0.717, 1.165) is 23.9 Å². The Bertz CT molecular complexity index is 947. The molecular weight excluding hydrogens is 346 g/mol. The Morgan fingerprint density at radius 3 is 2.81 bits per heavy atom. The minimum absolute atomic E-state index is 0.0395. The van der Waals surface area contributed by atoms with E-state index in [9.17, 15) is 9.59 Å². The van der Waals surface area contributed by atoms with Crippen molar-refractivity contribution in [2.75, 3.05) is 0 Å². The lowest BCUT2D eigenvalue weighted by atomic mass is 10.1. The van der Waals surface area contributed by atoms with Gasteiger partial charge in [-0.15, -0.1) is 11.3 Å². The van der Waals surface area contributed by atoms with E-state index >= 15 is 0 Å². The van der Waals surface area contributed by atoms with Crippen molar-refractivity contribution in [3.8, 4) is 0 Å². The molecule has 2 heterocycles. The second-order valence-corrected chi connectivity index (χ2v) is 7.30. The molecule has 2 aromatic heterocycles. The molecule has 0 radical (unpaired) electrons. The molecule has 1 aromatic carbocycles. The van der Waals surface area contributed by atoms with Gasteiger partial charge in [0.2, 0.25) is 5.91 Å². The number of benzene rings is 1. The van der Waals surface area contributed by atoms with Gasteiger partial charge >= 0.3 is 0 Å². The summed E-state index contributed by atoms with van der Waals surface area (Å²) in [6.07, 6.45) is 2.17. The lowest BCUT2D eigenvalue weighted by molar-refractivity contribution is -0.122. The highest BCUT2D eigenvalue weighted by Crippen LogP contribution is 2.23. The van der Waals surface area contributed by atoms with E-state index in [1.54, 1.807) is 22.8 Å². The predicted octanol–water partition coefficient (Wildman–Crippen LogP) is 3.81. The maximum atomic E-state index is 12.5. The topological polar surface area (TPSA) is 64.0 Å². The summed E-state index contributed by atoms with van der Waals surface area (Å²) in [6.45, 7) is 4.16. The van der Waals surface area contributed by atoms with Gasteiger partial charge in [0.1, 0.15) is 5.69 Å². The first-order chi connectivity index (χ1) is 12.6. The first-order valence-corrected chi connectivity index (χ1v) is 9.77. The number of carbonyl (C=O) groups excluding carboxylic acids is 1. The molecule has 136 valence electrons. The standard InChI is InChI=1S/C20H23N3O2S/c1-3-7-16(18-10-6-13-26-18)22-19(24)11-12-23-17-9-5-4-8-15(17)21-14(2)20(23)25/h4-6,8-10,13,16H,3,7,11-12H2,1-2H3,(H,22,24)/t16-/m0/s1. The number of thiophene rings is 1. The maximum Gasteiger partial charge on any atom is 0.272 e. The molecule has 0 saturated carbocycles. The summed E-state index contributed by atoms with van der Waals surface area (Å²) >= 11 is 1.66. The summed E-state index contributed by atoms with van der Waals surface area (Å²) in [6, 6.07) is 11.6. The van der Waals surface area contributed by atoms with Crippen molar-refractivity contribution in [3.05, 3.63) is 62.7 Å². The number of rotatable bonds is 7. The van der Waals surface area contributed by atoms with E-state index in [0.29, 0.717) is 12.2 Å². The van der Waals surface area contributed by atoms with Gasteiger partial charge in [-0.2, -0.15) is 0 Å². The zero-order valence-corrected chi connectivity index (χ0v) is 15.9. The molecule has 0 fully saturated rings. The zero-order valence-electron chi connectivity index (χ0n) is 15.1. The third-order valence-electron chi connectivity index (χ3n) is 4.38. The number of carbonyl (C=O) groups is 1. The predicted molar refractivity (Wildman–Crippen MR) is 105 cm³/mol. The van der Waals surface area contributed by atoms with Gasteiger partial charge in [0.05, 0.1) is 17.1 Å². The zero-order chi connectivity index (χ0) is 18.5. The van der Waals surface area contributed by atoms with E-state index in [4.69, 9.17) is 0 Å². The van der Waals surface area contributed by atoms with Crippen LogP contribution in [0.5, 0.6) is 0 Å². The third kappa shape index (κ3) is 4.02. The third-order valence-corrected chi connectivity index (χ3v) is 5.36. The SMILES string of the molecule is CCC[C@H](NC(=O)CCn1c(=O)c(C)nc2ccccc21)c1cccs1. The molecule has 3 aromatic rings. The fourth-order valence-electron chi connectivity index (χ4n) is 3.09. The van der Waals surface area contributed by atoms with E-state index < -0.39 is 0 Å².